The molecule has 0 saturated carbocycles. The Hall–Kier alpha value is -2.14. The smallest absolute Gasteiger partial charge is 0.0974 e. The average molecular weight is 274 g/mol. The van der Waals surface area contributed by atoms with E-state index in [0.717, 1.165) is 17.1 Å². The van der Waals surface area contributed by atoms with Crippen LogP contribution in [0.15, 0.2) is 48.8 Å². The van der Waals surface area contributed by atoms with Crippen molar-refractivity contribution in [3.8, 4) is 5.69 Å². The molecule has 0 amide bonds. The summed E-state index contributed by atoms with van der Waals surface area (Å²) in [5.41, 5.74) is 2.73. The summed E-state index contributed by atoms with van der Waals surface area (Å²) in [5, 5.41) is 12.4. The minimum atomic E-state index is 0.373. The van der Waals surface area contributed by atoms with Crippen LogP contribution in [0.1, 0.15) is 11.4 Å². The average Bonchev–Trinajstić information content (AvgIpc) is 3.09. The SMILES string of the molecule is ClCc1cn(Cc2ccn(-c3ccccc3)n2)nn1. The maximum absolute atomic E-state index is 5.69. The van der Waals surface area contributed by atoms with E-state index in [4.69, 9.17) is 11.6 Å². The molecule has 3 rings (SSSR count). The Morgan fingerprint density at radius 3 is 2.63 bits per heavy atom. The van der Waals surface area contributed by atoms with Crippen LogP contribution in [0.5, 0.6) is 0 Å². The van der Waals surface area contributed by atoms with Gasteiger partial charge in [0, 0.05) is 6.20 Å². The first kappa shape index (κ1) is 11.9. The zero-order valence-corrected chi connectivity index (χ0v) is 10.9. The molecule has 1 aromatic carbocycles. The molecule has 5 nitrogen and oxygen atoms in total. The molecule has 0 N–H and O–H groups in total. The zero-order valence-electron chi connectivity index (χ0n) is 10.1. The lowest BCUT2D eigenvalue weighted by atomic mass is 10.3. The summed E-state index contributed by atoms with van der Waals surface area (Å²) in [6, 6.07) is 11.9. The van der Waals surface area contributed by atoms with E-state index < -0.39 is 0 Å². The van der Waals surface area contributed by atoms with Crippen molar-refractivity contribution in [1.82, 2.24) is 24.8 Å². The number of hydrogen-bond donors (Lipinski definition) is 0. The molecule has 19 heavy (non-hydrogen) atoms. The second-order valence-electron chi connectivity index (χ2n) is 4.13. The van der Waals surface area contributed by atoms with Crippen molar-refractivity contribution in [2.75, 3.05) is 0 Å². The second kappa shape index (κ2) is 5.24. The standard InChI is InChI=1S/C13H12ClN5/c14-8-12-10-18(17-15-12)9-11-6-7-19(16-11)13-4-2-1-3-5-13/h1-7,10H,8-9H2. The summed E-state index contributed by atoms with van der Waals surface area (Å²) in [6.07, 6.45) is 3.76. The topological polar surface area (TPSA) is 48.5 Å². The number of alkyl halides is 1. The van der Waals surface area contributed by atoms with Gasteiger partial charge in [-0.3, -0.25) is 0 Å². The minimum absolute atomic E-state index is 0.373. The quantitative estimate of drug-likeness (QED) is 0.685. The Bertz CT molecular complexity index is 658. The maximum Gasteiger partial charge on any atom is 0.0974 e. The molecule has 0 aliphatic heterocycles. The highest BCUT2D eigenvalue weighted by Gasteiger charge is 2.04. The van der Waals surface area contributed by atoms with Crippen molar-refractivity contribution in [1.29, 1.82) is 0 Å². The first-order valence-corrected chi connectivity index (χ1v) is 6.43. The first-order chi connectivity index (χ1) is 9.35. The molecule has 0 aliphatic rings. The van der Waals surface area contributed by atoms with Gasteiger partial charge in [0.05, 0.1) is 35.7 Å². The highest BCUT2D eigenvalue weighted by atomic mass is 35.5. The van der Waals surface area contributed by atoms with Crippen LogP contribution < -0.4 is 0 Å². The molecule has 0 fully saturated rings. The fourth-order valence-electron chi connectivity index (χ4n) is 1.81. The van der Waals surface area contributed by atoms with E-state index in [2.05, 4.69) is 15.4 Å². The van der Waals surface area contributed by atoms with Gasteiger partial charge in [-0.2, -0.15) is 5.10 Å². The van der Waals surface area contributed by atoms with Crippen LogP contribution in [0.4, 0.5) is 0 Å². The Morgan fingerprint density at radius 2 is 1.89 bits per heavy atom. The van der Waals surface area contributed by atoms with Gasteiger partial charge in [0.2, 0.25) is 0 Å². The van der Waals surface area contributed by atoms with Gasteiger partial charge < -0.3 is 0 Å². The highest BCUT2D eigenvalue weighted by Crippen LogP contribution is 2.08. The third-order valence-corrected chi connectivity index (χ3v) is 2.99. The van der Waals surface area contributed by atoms with Gasteiger partial charge in [0.1, 0.15) is 0 Å². The molecule has 0 aliphatic carbocycles. The number of benzene rings is 1. The van der Waals surface area contributed by atoms with E-state index in [9.17, 15) is 0 Å². The molecule has 2 heterocycles. The van der Waals surface area contributed by atoms with E-state index in [1.54, 1.807) is 4.68 Å². The number of para-hydroxylation sites is 1. The lowest BCUT2D eigenvalue weighted by molar-refractivity contribution is 0.631. The van der Waals surface area contributed by atoms with Gasteiger partial charge >= 0.3 is 0 Å². The van der Waals surface area contributed by atoms with Gasteiger partial charge in [0.25, 0.3) is 0 Å². The lowest BCUT2D eigenvalue weighted by Crippen LogP contribution is -2.02. The molecule has 3 aromatic rings. The van der Waals surface area contributed by atoms with Crippen LogP contribution in [-0.4, -0.2) is 24.8 Å². The van der Waals surface area contributed by atoms with Crippen LogP contribution in [-0.2, 0) is 12.4 Å². The van der Waals surface area contributed by atoms with Crippen molar-refractivity contribution in [2.45, 2.75) is 12.4 Å². The van der Waals surface area contributed by atoms with E-state index in [1.165, 1.54) is 0 Å². The number of rotatable bonds is 4. The number of hydrogen-bond acceptors (Lipinski definition) is 3. The molecule has 0 saturated heterocycles. The normalized spacial score (nSPS) is 10.8. The summed E-state index contributed by atoms with van der Waals surface area (Å²) >= 11 is 5.69. The highest BCUT2D eigenvalue weighted by molar-refractivity contribution is 6.16. The van der Waals surface area contributed by atoms with Crippen molar-refractivity contribution in [3.63, 3.8) is 0 Å². The second-order valence-corrected chi connectivity index (χ2v) is 4.40. The molecule has 0 atom stereocenters. The summed E-state index contributed by atoms with van der Waals surface area (Å²) in [4.78, 5) is 0. The van der Waals surface area contributed by atoms with Gasteiger partial charge in [-0.15, -0.1) is 16.7 Å². The van der Waals surface area contributed by atoms with Crippen LogP contribution in [0.25, 0.3) is 5.69 Å². The molecular weight excluding hydrogens is 262 g/mol. The van der Waals surface area contributed by atoms with Crippen molar-refractivity contribution < 1.29 is 0 Å². The molecule has 0 bridgehead atoms. The Morgan fingerprint density at radius 1 is 1.05 bits per heavy atom. The van der Waals surface area contributed by atoms with Crippen LogP contribution >= 0.6 is 11.6 Å². The van der Waals surface area contributed by atoms with Crippen molar-refractivity contribution >= 4 is 11.6 Å². The summed E-state index contributed by atoms with van der Waals surface area (Å²) in [6.45, 7) is 0.587. The largest absolute Gasteiger partial charge is 0.246 e. The number of halogens is 1. The molecule has 6 heteroatoms. The molecular formula is C13H12ClN5. The minimum Gasteiger partial charge on any atom is -0.246 e. The molecule has 96 valence electrons. The summed E-state index contributed by atoms with van der Waals surface area (Å²) in [5.74, 6) is 0.373. The van der Waals surface area contributed by atoms with Gasteiger partial charge in [-0.25, -0.2) is 9.36 Å². The summed E-state index contributed by atoms with van der Waals surface area (Å²) < 4.78 is 3.57. The van der Waals surface area contributed by atoms with Gasteiger partial charge in [0.15, 0.2) is 0 Å². The predicted molar refractivity (Wildman–Crippen MR) is 72.2 cm³/mol. The van der Waals surface area contributed by atoms with Gasteiger partial charge in [-0.05, 0) is 18.2 Å². The van der Waals surface area contributed by atoms with Gasteiger partial charge in [-0.1, -0.05) is 23.4 Å². The van der Waals surface area contributed by atoms with E-state index in [0.29, 0.717) is 12.4 Å². The third kappa shape index (κ3) is 2.66. The van der Waals surface area contributed by atoms with Crippen LogP contribution in [0.3, 0.4) is 0 Å². The van der Waals surface area contributed by atoms with E-state index in [1.807, 2.05) is 53.5 Å². The first-order valence-electron chi connectivity index (χ1n) is 5.90. The Balaban J connectivity index is 1.78. The molecule has 0 unspecified atom stereocenters. The summed E-state index contributed by atoms with van der Waals surface area (Å²) in [7, 11) is 0. The molecule has 0 spiro atoms. The van der Waals surface area contributed by atoms with E-state index >= 15 is 0 Å². The Kier molecular flexibility index (Phi) is 3.29. The predicted octanol–water partition coefficient (Wildman–Crippen LogP) is 2.25. The lowest BCUT2D eigenvalue weighted by Gasteiger charge is -2.00. The fraction of sp³-hybridized carbons (Fsp3) is 0.154. The number of nitrogens with zero attached hydrogens (tertiary/aromatic N) is 5. The maximum atomic E-state index is 5.69. The van der Waals surface area contributed by atoms with Crippen molar-refractivity contribution in [2.24, 2.45) is 0 Å². The number of aromatic nitrogens is 5. The monoisotopic (exact) mass is 273 g/mol. The molecule has 0 radical (unpaired) electrons. The Labute approximate surface area is 115 Å². The van der Waals surface area contributed by atoms with Crippen LogP contribution in [0.2, 0.25) is 0 Å². The molecule has 2 aromatic heterocycles. The van der Waals surface area contributed by atoms with Crippen molar-refractivity contribution in [3.05, 3.63) is 60.2 Å². The zero-order chi connectivity index (χ0) is 13.1. The van der Waals surface area contributed by atoms with E-state index in [-0.39, 0.29) is 0 Å². The van der Waals surface area contributed by atoms with Crippen LogP contribution in [0, 0.1) is 0 Å². The fourth-order valence-corrected chi connectivity index (χ4v) is 1.94. The third-order valence-electron chi connectivity index (χ3n) is 2.71.